The van der Waals surface area contributed by atoms with Gasteiger partial charge in [0.1, 0.15) is 24.2 Å². The van der Waals surface area contributed by atoms with Gasteiger partial charge >= 0.3 is 6.18 Å². The minimum atomic E-state index is -4.50. The zero-order valence-corrected chi connectivity index (χ0v) is 20.0. The minimum Gasteiger partial charge on any atom is -0.496 e. The van der Waals surface area contributed by atoms with Crippen LogP contribution in [0.2, 0.25) is 0 Å². The van der Waals surface area contributed by atoms with Gasteiger partial charge in [0.25, 0.3) is 0 Å². The van der Waals surface area contributed by atoms with Gasteiger partial charge in [-0.2, -0.15) is 29.0 Å². The highest BCUT2D eigenvalue weighted by Crippen LogP contribution is 2.56. The zero-order valence-electron chi connectivity index (χ0n) is 20.0. The molecule has 0 saturated heterocycles. The van der Waals surface area contributed by atoms with E-state index in [1.54, 1.807) is 18.2 Å². The summed E-state index contributed by atoms with van der Waals surface area (Å²) in [5, 5.41) is 30.2. The van der Waals surface area contributed by atoms with E-state index in [-0.39, 0.29) is 29.5 Å². The lowest BCUT2D eigenvalue weighted by Gasteiger charge is -2.43. The Bertz CT molecular complexity index is 1390. The Labute approximate surface area is 212 Å². The highest BCUT2D eigenvalue weighted by Gasteiger charge is 2.53. The molecule has 37 heavy (non-hydrogen) atoms. The van der Waals surface area contributed by atoms with Crippen LogP contribution in [0.4, 0.5) is 13.2 Å². The van der Waals surface area contributed by atoms with Crippen molar-refractivity contribution in [2.45, 2.75) is 38.0 Å². The molecular formula is C28H23F3N4O2. The number of halogens is 3. The highest BCUT2D eigenvalue weighted by atomic mass is 19.4. The summed E-state index contributed by atoms with van der Waals surface area (Å²) in [6.07, 6.45) is -0.287. The standard InChI is InChI=1S/C28H23F3N4O2/c1-36-24-10-9-17(11-18(24)14-37-20-6-4-5-19(12-20)28(29,30)31)25-22-8-3-2-7-21(22)23(13-32)26(35)27(25,15-33)16-34/h4-7,9-12,22,25H,2-3,8,14,35H2,1H3/t22-,25-/m1/s1. The van der Waals surface area contributed by atoms with Crippen LogP contribution in [-0.4, -0.2) is 7.11 Å². The number of rotatable bonds is 5. The Hall–Kier alpha value is -4.42. The number of nitriles is 3. The number of ether oxygens (including phenoxy) is 2. The highest BCUT2D eigenvalue weighted by molar-refractivity contribution is 5.59. The van der Waals surface area contributed by atoms with Crippen molar-refractivity contribution in [2.75, 3.05) is 7.11 Å². The van der Waals surface area contributed by atoms with E-state index in [9.17, 15) is 29.0 Å². The molecule has 2 N–H and O–H groups in total. The maximum Gasteiger partial charge on any atom is 0.416 e. The molecule has 0 amide bonds. The van der Waals surface area contributed by atoms with Crippen LogP contribution in [0.15, 0.2) is 65.4 Å². The van der Waals surface area contributed by atoms with Crippen molar-refractivity contribution in [3.63, 3.8) is 0 Å². The molecule has 2 aromatic rings. The Balaban J connectivity index is 1.77. The fourth-order valence-corrected chi connectivity index (χ4v) is 5.28. The van der Waals surface area contributed by atoms with Gasteiger partial charge in [0.05, 0.1) is 36.1 Å². The average molecular weight is 505 g/mol. The maximum atomic E-state index is 13.1. The van der Waals surface area contributed by atoms with Gasteiger partial charge in [-0.3, -0.25) is 0 Å². The van der Waals surface area contributed by atoms with Gasteiger partial charge in [0.15, 0.2) is 5.41 Å². The molecule has 2 aliphatic rings. The summed E-state index contributed by atoms with van der Waals surface area (Å²) in [6, 6.07) is 16.0. The predicted octanol–water partition coefficient (Wildman–Crippen LogP) is 5.89. The molecule has 0 heterocycles. The smallest absolute Gasteiger partial charge is 0.416 e. The van der Waals surface area contributed by atoms with Crippen molar-refractivity contribution in [1.82, 2.24) is 0 Å². The number of methoxy groups -OCH3 is 1. The zero-order chi connectivity index (χ0) is 26.8. The van der Waals surface area contributed by atoms with Crippen LogP contribution in [-0.2, 0) is 12.8 Å². The van der Waals surface area contributed by atoms with Crippen LogP contribution in [0.1, 0.15) is 41.9 Å². The van der Waals surface area contributed by atoms with Gasteiger partial charge in [0, 0.05) is 11.5 Å². The third kappa shape index (κ3) is 4.47. The predicted molar refractivity (Wildman–Crippen MR) is 127 cm³/mol. The number of hydrogen-bond acceptors (Lipinski definition) is 6. The summed E-state index contributed by atoms with van der Waals surface area (Å²) >= 11 is 0. The third-order valence-corrected chi connectivity index (χ3v) is 7.02. The number of hydrogen-bond donors (Lipinski definition) is 1. The van der Waals surface area contributed by atoms with Crippen LogP contribution in [0.3, 0.4) is 0 Å². The molecule has 0 spiro atoms. The number of benzene rings is 2. The maximum absolute atomic E-state index is 13.1. The molecule has 188 valence electrons. The summed E-state index contributed by atoms with van der Waals surface area (Å²) in [6.45, 7) is -0.112. The normalized spacial score (nSPS) is 20.5. The Kier molecular flexibility index (Phi) is 6.88. The van der Waals surface area contributed by atoms with E-state index in [0.29, 0.717) is 23.3 Å². The van der Waals surface area contributed by atoms with E-state index in [4.69, 9.17) is 15.2 Å². The van der Waals surface area contributed by atoms with Crippen LogP contribution >= 0.6 is 0 Å². The quantitative estimate of drug-likeness (QED) is 0.543. The number of nitrogens with two attached hydrogens (primary N) is 1. The SMILES string of the molecule is COc1ccc([C@@H]2[C@@H]3CCCC=C3C(C#N)=C(N)C2(C#N)C#N)cc1COc1cccc(C(F)(F)F)c1. The number of fused-ring (bicyclic) bond motifs is 1. The molecule has 0 unspecified atom stereocenters. The van der Waals surface area contributed by atoms with Crippen LogP contribution in [0.25, 0.3) is 0 Å². The van der Waals surface area contributed by atoms with Crippen LogP contribution in [0.5, 0.6) is 11.5 Å². The summed E-state index contributed by atoms with van der Waals surface area (Å²) in [5.41, 5.74) is 5.76. The lowest BCUT2D eigenvalue weighted by atomic mass is 9.56. The lowest BCUT2D eigenvalue weighted by Crippen LogP contribution is -2.42. The van der Waals surface area contributed by atoms with Gasteiger partial charge in [-0.15, -0.1) is 0 Å². The molecule has 0 saturated carbocycles. The van der Waals surface area contributed by atoms with Gasteiger partial charge in [0.2, 0.25) is 0 Å². The van der Waals surface area contributed by atoms with E-state index in [0.717, 1.165) is 30.5 Å². The average Bonchev–Trinajstić information content (AvgIpc) is 2.91. The molecule has 0 aliphatic heterocycles. The second-order valence-electron chi connectivity index (χ2n) is 8.99. The molecule has 6 nitrogen and oxygen atoms in total. The summed E-state index contributed by atoms with van der Waals surface area (Å²) in [4.78, 5) is 0. The van der Waals surface area contributed by atoms with E-state index < -0.39 is 23.1 Å². The first-order valence-electron chi connectivity index (χ1n) is 11.6. The third-order valence-electron chi connectivity index (χ3n) is 7.02. The number of allylic oxidation sites excluding steroid dienone is 4. The van der Waals surface area contributed by atoms with E-state index in [1.165, 1.54) is 19.2 Å². The Morgan fingerprint density at radius 3 is 2.51 bits per heavy atom. The molecule has 0 aromatic heterocycles. The van der Waals surface area contributed by atoms with Gasteiger partial charge in [-0.05, 0) is 66.6 Å². The fraction of sp³-hybridized carbons (Fsp3) is 0.321. The number of nitrogens with zero attached hydrogens (tertiary/aromatic N) is 3. The Morgan fingerprint density at radius 2 is 1.86 bits per heavy atom. The monoisotopic (exact) mass is 504 g/mol. The van der Waals surface area contributed by atoms with Crippen molar-refractivity contribution in [3.05, 3.63) is 82.1 Å². The first kappa shape index (κ1) is 25.7. The lowest BCUT2D eigenvalue weighted by molar-refractivity contribution is -0.137. The van der Waals surface area contributed by atoms with Crippen molar-refractivity contribution in [2.24, 2.45) is 17.1 Å². The Morgan fingerprint density at radius 1 is 1.11 bits per heavy atom. The van der Waals surface area contributed by atoms with Crippen molar-refractivity contribution >= 4 is 0 Å². The summed E-state index contributed by atoms with van der Waals surface area (Å²) in [7, 11) is 1.46. The van der Waals surface area contributed by atoms with E-state index >= 15 is 0 Å². The topological polar surface area (TPSA) is 116 Å². The largest absolute Gasteiger partial charge is 0.496 e. The minimum absolute atomic E-state index is 0.0340. The summed E-state index contributed by atoms with van der Waals surface area (Å²) < 4.78 is 50.4. The molecule has 2 aromatic carbocycles. The van der Waals surface area contributed by atoms with Gasteiger partial charge in [-0.1, -0.05) is 18.2 Å². The molecule has 2 aliphatic carbocycles. The first-order valence-corrected chi connectivity index (χ1v) is 11.6. The van der Waals surface area contributed by atoms with Crippen molar-refractivity contribution in [3.8, 4) is 29.7 Å². The molecule has 9 heteroatoms. The molecule has 2 atom stereocenters. The van der Waals surface area contributed by atoms with Crippen LogP contribution < -0.4 is 15.2 Å². The van der Waals surface area contributed by atoms with Crippen LogP contribution in [0, 0.1) is 45.3 Å². The molecule has 0 radical (unpaired) electrons. The molecule has 0 bridgehead atoms. The molecular weight excluding hydrogens is 481 g/mol. The van der Waals surface area contributed by atoms with Gasteiger partial charge in [-0.25, -0.2) is 0 Å². The summed E-state index contributed by atoms with van der Waals surface area (Å²) in [5.74, 6) is -0.469. The second kappa shape index (κ2) is 9.91. The number of alkyl halides is 3. The van der Waals surface area contributed by atoms with E-state index in [1.807, 2.05) is 6.08 Å². The van der Waals surface area contributed by atoms with Crippen molar-refractivity contribution in [1.29, 1.82) is 15.8 Å². The van der Waals surface area contributed by atoms with E-state index in [2.05, 4.69) is 18.2 Å². The van der Waals surface area contributed by atoms with Crippen molar-refractivity contribution < 1.29 is 22.6 Å². The first-order chi connectivity index (χ1) is 17.7. The fourth-order valence-electron chi connectivity index (χ4n) is 5.28. The van der Waals surface area contributed by atoms with Gasteiger partial charge < -0.3 is 15.2 Å². The molecule has 0 fully saturated rings. The molecule has 4 rings (SSSR count). The second-order valence-corrected chi connectivity index (χ2v) is 8.99.